The normalized spacial score (nSPS) is 11.6. The largest absolute Gasteiger partial charge is 0.387 e. The molecule has 0 spiro atoms. The molecule has 1 atom stereocenters. The van der Waals surface area contributed by atoms with E-state index in [1.54, 1.807) is 24.3 Å². The molecule has 1 aromatic carbocycles. The molecule has 0 fully saturated rings. The molecule has 0 aromatic heterocycles. The van der Waals surface area contributed by atoms with Gasteiger partial charge in [0, 0.05) is 13.1 Å². The molecule has 0 heterocycles. The van der Waals surface area contributed by atoms with E-state index in [0.29, 0.717) is 18.7 Å². The summed E-state index contributed by atoms with van der Waals surface area (Å²) in [6, 6.07) is 8.76. The van der Waals surface area contributed by atoms with Gasteiger partial charge >= 0.3 is 0 Å². The van der Waals surface area contributed by atoms with Crippen molar-refractivity contribution < 1.29 is 9.90 Å². The van der Waals surface area contributed by atoms with E-state index in [1.807, 2.05) is 13.0 Å². The monoisotopic (exact) mass is 261 g/mol. The fraction of sp³-hybridized carbons (Fsp3) is 0.429. The summed E-state index contributed by atoms with van der Waals surface area (Å²) >= 11 is 0. The molecule has 1 unspecified atom stereocenters. The first kappa shape index (κ1) is 15.2. The molecule has 0 saturated heterocycles. The van der Waals surface area contributed by atoms with Crippen LogP contribution in [0.15, 0.2) is 24.3 Å². The number of amides is 1. The van der Waals surface area contributed by atoms with Gasteiger partial charge in [0.15, 0.2) is 0 Å². The van der Waals surface area contributed by atoms with E-state index in [1.165, 1.54) is 0 Å². The Hall–Kier alpha value is -1.90. The van der Waals surface area contributed by atoms with Gasteiger partial charge < -0.3 is 15.7 Å². The summed E-state index contributed by atoms with van der Waals surface area (Å²) in [6.07, 6.45) is 0.214. The molecule has 5 nitrogen and oxygen atoms in total. The maximum absolute atomic E-state index is 11.3. The lowest BCUT2D eigenvalue weighted by Crippen LogP contribution is -2.35. The molecule has 5 heteroatoms. The van der Waals surface area contributed by atoms with E-state index in [-0.39, 0.29) is 12.5 Å². The summed E-state index contributed by atoms with van der Waals surface area (Å²) in [6.45, 7) is 3.14. The Morgan fingerprint density at radius 1 is 1.42 bits per heavy atom. The second kappa shape index (κ2) is 8.25. The maximum atomic E-state index is 11.3. The molecule has 0 aliphatic heterocycles. The topological polar surface area (TPSA) is 85.2 Å². The van der Waals surface area contributed by atoms with Crippen molar-refractivity contribution in [1.82, 2.24) is 10.6 Å². The fourth-order valence-corrected chi connectivity index (χ4v) is 1.55. The highest BCUT2D eigenvalue weighted by Gasteiger charge is 2.08. The molecular weight excluding hydrogens is 242 g/mol. The van der Waals surface area contributed by atoms with Crippen LogP contribution in [0.5, 0.6) is 0 Å². The van der Waals surface area contributed by atoms with Gasteiger partial charge in [0.25, 0.3) is 0 Å². The van der Waals surface area contributed by atoms with Gasteiger partial charge in [-0.05, 0) is 24.1 Å². The van der Waals surface area contributed by atoms with Gasteiger partial charge in [-0.25, -0.2) is 0 Å². The van der Waals surface area contributed by atoms with Crippen LogP contribution < -0.4 is 10.6 Å². The van der Waals surface area contributed by atoms with Crippen molar-refractivity contribution in [2.75, 3.05) is 19.6 Å². The van der Waals surface area contributed by atoms with Crippen LogP contribution in [0.4, 0.5) is 0 Å². The Morgan fingerprint density at radius 2 is 2.11 bits per heavy atom. The average molecular weight is 261 g/mol. The Labute approximate surface area is 113 Å². The zero-order valence-corrected chi connectivity index (χ0v) is 11.0. The number of carbonyl (C=O) groups excluding carboxylic acids is 1. The zero-order chi connectivity index (χ0) is 14.1. The Kier molecular flexibility index (Phi) is 6.58. The molecule has 0 saturated carbocycles. The zero-order valence-electron chi connectivity index (χ0n) is 11.0. The highest BCUT2D eigenvalue weighted by atomic mass is 16.3. The Balaban J connectivity index is 2.32. The summed E-state index contributed by atoms with van der Waals surface area (Å²) in [5, 5.41) is 24.2. The highest BCUT2D eigenvalue weighted by Crippen LogP contribution is 2.12. The summed E-state index contributed by atoms with van der Waals surface area (Å²) in [5.41, 5.74) is 1.28. The second-order valence-electron chi connectivity index (χ2n) is 4.23. The third-order valence-corrected chi connectivity index (χ3v) is 2.62. The average Bonchev–Trinajstić information content (AvgIpc) is 2.45. The van der Waals surface area contributed by atoms with Crippen molar-refractivity contribution in [3.8, 4) is 6.07 Å². The van der Waals surface area contributed by atoms with Gasteiger partial charge in [-0.15, -0.1) is 0 Å². The van der Waals surface area contributed by atoms with Gasteiger partial charge in [-0.2, -0.15) is 5.26 Å². The van der Waals surface area contributed by atoms with Crippen LogP contribution in [-0.2, 0) is 4.79 Å². The number of aliphatic hydroxyl groups excluding tert-OH is 1. The number of nitrogens with zero attached hydrogens (tertiary/aromatic N) is 1. The summed E-state index contributed by atoms with van der Waals surface area (Å²) in [5.74, 6) is -0.0751. The fourth-order valence-electron chi connectivity index (χ4n) is 1.55. The predicted octanol–water partition coefficient (Wildman–Crippen LogP) is 0.707. The standard InChI is InChI=1S/C14H19N3O2/c1-2-7-17-14(19)10-16-9-13(18)12-5-3-11(8-15)4-6-12/h3-6,13,16,18H,2,7,9-10H2,1H3,(H,17,19). The number of aliphatic hydroxyl groups is 1. The number of benzene rings is 1. The van der Waals surface area contributed by atoms with Crippen molar-refractivity contribution in [2.45, 2.75) is 19.4 Å². The van der Waals surface area contributed by atoms with E-state index in [2.05, 4.69) is 10.6 Å². The van der Waals surface area contributed by atoms with E-state index in [4.69, 9.17) is 5.26 Å². The minimum Gasteiger partial charge on any atom is -0.387 e. The number of nitrogens with one attached hydrogen (secondary N) is 2. The number of hydrogen-bond donors (Lipinski definition) is 3. The maximum Gasteiger partial charge on any atom is 0.233 e. The first-order chi connectivity index (χ1) is 9.17. The van der Waals surface area contributed by atoms with E-state index >= 15 is 0 Å². The van der Waals surface area contributed by atoms with Crippen molar-refractivity contribution in [3.63, 3.8) is 0 Å². The van der Waals surface area contributed by atoms with E-state index in [9.17, 15) is 9.90 Å². The van der Waals surface area contributed by atoms with Crippen LogP contribution in [0.1, 0.15) is 30.6 Å². The molecule has 1 aromatic rings. The van der Waals surface area contributed by atoms with Gasteiger partial charge in [-0.3, -0.25) is 4.79 Å². The van der Waals surface area contributed by atoms with Gasteiger partial charge in [0.1, 0.15) is 0 Å². The molecule has 0 aliphatic rings. The number of rotatable bonds is 7. The molecule has 0 bridgehead atoms. The Morgan fingerprint density at radius 3 is 2.68 bits per heavy atom. The molecule has 0 radical (unpaired) electrons. The van der Waals surface area contributed by atoms with Crippen molar-refractivity contribution in [3.05, 3.63) is 35.4 Å². The van der Waals surface area contributed by atoms with Crippen LogP contribution in [0, 0.1) is 11.3 Å². The van der Waals surface area contributed by atoms with E-state index < -0.39 is 6.10 Å². The quantitative estimate of drug-likeness (QED) is 0.674. The molecule has 102 valence electrons. The Bertz CT molecular complexity index is 437. The van der Waals surface area contributed by atoms with Crippen molar-refractivity contribution >= 4 is 5.91 Å². The highest BCUT2D eigenvalue weighted by molar-refractivity contribution is 5.77. The first-order valence-electron chi connectivity index (χ1n) is 6.33. The smallest absolute Gasteiger partial charge is 0.233 e. The molecule has 1 amide bonds. The SMILES string of the molecule is CCCNC(=O)CNCC(O)c1ccc(C#N)cc1. The molecule has 0 aliphatic carbocycles. The summed E-state index contributed by atoms with van der Waals surface area (Å²) in [4.78, 5) is 11.3. The van der Waals surface area contributed by atoms with E-state index in [0.717, 1.165) is 12.0 Å². The summed E-state index contributed by atoms with van der Waals surface area (Å²) < 4.78 is 0. The molecule has 1 rings (SSSR count). The minimum absolute atomic E-state index is 0.0751. The lowest BCUT2D eigenvalue weighted by molar-refractivity contribution is -0.120. The minimum atomic E-state index is -0.688. The second-order valence-corrected chi connectivity index (χ2v) is 4.23. The third kappa shape index (κ3) is 5.51. The van der Waals surface area contributed by atoms with Crippen molar-refractivity contribution in [1.29, 1.82) is 5.26 Å². The van der Waals surface area contributed by atoms with Gasteiger partial charge in [0.05, 0.1) is 24.3 Å². The van der Waals surface area contributed by atoms with Gasteiger partial charge in [0.2, 0.25) is 5.91 Å². The summed E-state index contributed by atoms with van der Waals surface area (Å²) in [7, 11) is 0. The third-order valence-electron chi connectivity index (χ3n) is 2.62. The molecule has 19 heavy (non-hydrogen) atoms. The lowest BCUT2D eigenvalue weighted by atomic mass is 10.1. The number of nitriles is 1. The lowest BCUT2D eigenvalue weighted by Gasteiger charge is -2.12. The van der Waals surface area contributed by atoms with Crippen LogP contribution in [0.3, 0.4) is 0 Å². The van der Waals surface area contributed by atoms with Gasteiger partial charge in [-0.1, -0.05) is 19.1 Å². The molecular formula is C14H19N3O2. The van der Waals surface area contributed by atoms with Crippen LogP contribution in [-0.4, -0.2) is 30.6 Å². The van der Waals surface area contributed by atoms with Crippen LogP contribution >= 0.6 is 0 Å². The van der Waals surface area contributed by atoms with Crippen molar-refractivity contribution in [2.24, 2.45) is 0 Å². The van der Waals surface area contributed by atoms with Crippen LogP contribution in [0.25, 0.3) is 0 Å². The molecule has 3 N–H and O–H groups in total. The predicted molar refractivity (Wildman–Crippen MR) is 72.3 cm³/mol. The number of hydrogen-bond acceptors (Lipinski definition) is 4. The van der Waals surface area contributed by atoms with Crippen LogP contribution in [0.2, 0.25) is 0 Å². The number of carbonyl (C=O) groups is 1. The first-order valence-corrected chi connectivity index (χ1v) is 6.33.